The summed E-state index contributed by atoms with van der Waals surface area (Å²) in [5.41, 5.74) is 1.84. The van der Waals surface area contributed by atoms with Crippen LogP contribution in [0, 0.1) is 0 Å². The summed E-state index contributed by atoms with van der Waals surface area (Å²) in [5, 5.41) is 1.10. The van der Waals surface area contributed by atoms with Crippen molar-refractivity contribution in [3.63, 3.8) is 0 Å². The molecule has 0 saturated carbocycles. The van der Waals surface area contributed by atoms with Gasteiger partial charge < -0.3 is 4.57 Å². The monoisotopic (exact) mass is 265 g/mol. The number of fused-ring (bicyclic) bond motifs is 1. The van der Waals surface area contributed by atoms with Crippen LogP contribution in [-0.4, -0.2) is 10.9 Å². The number of hydrogen-bond donors (Lipinski definition) is 0. The third kappa shape index (κ3) is 1.72. The van der Waals surface area contributed by atoms with Crippen molar-refractivity contribution >= 4 is 33.1 Å². The van der Waals surface area contributed by atoms with Gasteiger partial charge in [0.1, 0.15) is 0 Å². The van der Waals surface area contributed by atoms with Crippen molar-refractivity contribution in [3.05, 3.63) is 34.4 Å². The molecule has 1 heterocycles. The zero-order chi connectivity index (χ0) is 11.0. The van der Waals surface area contributed by atoms with E-state index in [1.165, 1.54) is 0 Å². The highest BCUT2D eigenvalue weighted by molar-refractivity contribution is 9.10. The van der Waals surface area contributed by atoms with Crippen molar-refractivity contribution in [1.82, 2.24) is 4.57 Å². The molecular weight excluding hydrogens is 254 g/mol. The second kappa shape index (κ2) is 3.81. The van der Waals surface area contributed by atoms with E-state index < -0.39 is 0 Å². The van der Waals surface area contributed by atoms with Crippen LogP contribution in [-0.2, 0) is 0 Å². The predicted octanol–water partition coefficient (Wildman–Crippen LogP) is 3.80. The molecule has 1 aromatic carbocycles. The first-order chi connectivity index (χ1) is 7.13. The Balaban J connectivity index is 2.80. The molecule has 0 unspecified atom stereocenters. The first kappa shape index (κ1) is 10.4. The molecular formula is C12H12BrNO. The van der Waals surface area contributed by atoms with E-state index in [0.29, 0.717) is 6.04 Å². The summed E-state index contributed by atoms with van der Waals surface area (Å²) in [5.74, 6) is 0. The fourth-order valence-electron chi connectivity index (χ4n) is 1.90. The molecule has 2 rings (SSSR count). The number of aldehydes is 1. The number of nitrogens with zero attached hydrogens (tertiary/aromatic N) is 1. The Bertz CT molecular complexity index is 514. The fourth-order valence-corrected chi connectivity index (χ4v) is 2.27. The van der Waals surface area contributed by atoms with Gasteiger partial charge in [0.15, 0.2) is 6.29 Å². The molecule has 0 fully saturated rings. The number of rotatable bonds is 2. The zero-order valence-electron chi connectivity index (χ0n) is 8.70. The van der Waals surface area contributed by atoms with Gasteiger partial charge in [0.05, 0.1) is 5.69 Å². The number of halogens is 1. The molecule has 0 radical (unpaired) electrons. The predicted molar refractivity (Wildman–Crippen MR) is 65.4 cm³/mol. The Kier molecular flexibility index (Phi) is 2.65. The van der Waals surface area contributed by atoms with E-state index in [1.807, 2.05) is 24.3 Å². The first-order valence-corrected chi connectivity index (χ1v) is 5.68. The van der Waals surface area contributed by atoms with Gasteiger partial charge in [0.25, 0.3) is 0 Å². The lowest BCUT2D eigenvalue weighted by Gasteiger charge is -2.11. The van der Waals surface area contributed by atoms with Gasteiger partial charge in [-0.15, -0.1) is 0 Å². The smallest absolute Gasteiger partial charge is 0.166 e. The number of aromatic nitrogens is 1. The van der Waals surface area contributed by atoms with E-state index in [-0.39, 0.29) is 0 Å². The fraction of sp³-hybridized carbons (Fsp3) is 0.250. The lowest BCUT2D eigenvalue weighted by Crippen LogP contribution is -2.04. The molecule has 1 aromatic heterocycles. The van der Waals surface area contributed by atoms with Crippen molar-refractivity contribution in [1.29, 1.82) is 0 Å². The van der Waals surface area contributed by atoms with Crippen LogP contribution in [0.15, 0.2) is 28.7 Å². The molecule has 0 aliphatic carbocycles. The SMILES string of the molecule is CC(C)n1c(C=O)cc2cc(Br)ccc21. The minimum atomic E-state index is 0.295. The van der Waals surface area contributed by atoms with Gasteiger partial charge in [-0.3, -0.25) is 4.79 Å². The Morgan fingerprint density at radius 3 is 2.67 bits per heavy atom. The minimum Gasteiger partial charge on any atom is -0.336 e. The molecule has 0 atom stereocenters. The molecule has 2 nitrogen and oxygen atoms in total. The van der Waals surface area contributed by atoms with E-state index in [2.05, 4.69) is 34.3 Å². The summed E-state index contributed by atoms with van der Waals surface area (Å²) < 4.78 is 3.09. The van der Waals surface area contributed by atoms with Crippen molar-refractivity contribution in [2.75, 3.05) is 0 Å². The average Bonchev–Trinajstić information content (AvgIpc) is 2.54. The summed E-state index contributed by atoms with van der Waals surface area (Å²) in [6.07, 6.45) is 0.911. The molecule has 0 amide bonds. The van der Waals surface area contributed by atoms with Gasteiger partial charge in [0, 0.05) is 21.4 Å². The van der Waals surface area contributed by atoms with Crippen LogP contribution < -0.4 is 0 Å². The average molecular weight is 266 g/mol. The minimum absolute atomic E-state index is 0.295. The molecule has 78 valence electrons. The van der Waals surface area contributed by atoms with Crippen LogP contribution in [0.4, 0.5) is 0 Å². The van der Waals surface area contributed by atoms with Gasteiger partial charge in [-0.1, -0.05) is 15.9 Å². The molecule has 2 aromatic rings. The van der Waals surface area contributed by atoms with E-state index in [9.17, 15) is 4.79 Å². The summed E-state index contributed by atoms with van der Waals surface area (Å²) in [7, 11) is 0. The molecule has 0 spiro atoms. The topological polar surface area (TPSA) is 22.0 Å². The first-order valence-electron chi connectivity index (χ1n) is 4.89. The molecule has 0 N–H and O–H groups in total. The zero-order valence-corrected chi connectivity index (χ0v) is 10.3. The lowest BCUT2D eigenvalue weighted by molar-refractivity contribution is 0.111. The molecule has 15 heavy (non-hydrogen) atoms. The van der Waals surface area contributed by atoms with E-state index in [0.717, 1.165) is 27.4 Å². The van der Waals surface area contributed by atoms with Crippen LogP contribution in [0.25, 0.3) is 10.9 Å². The maximum atomic E-state index is 11.0. The number of carbonyl (C=O) groups is 1. The number of benzene rings is 1. The van der Waals surface area contributed by atoms with Crippen LogP contribution in [0.5, 0.6) is 0 Å². The summed E-state index contributed by atoms with van der Waals surface area (Å²) in [4.78, 5) is 11.0. The molecule has 0 bridgehead atoms. The van der Waals surface area contributed by atoms with Crippen molar-refractivity contribution < 1.29 is 4.79 Å². The second-order valence-electron chi connectivity index (χ2n) is 3.85. The maximum absolute atomic E-state index is 11.0. The van der Waals surface area contributed by atoms with Crippen molar-refractivity contribution in [2.24, 2.45) is 0 Å². The third-order valence-electron chi connectivity index (χ3n) is 2.47. The van der Waals surface area contributed by atoms with Crippen molar-refractivity contribution in [2.45, 2.75) is 19.9 Å². The largest absolute Gasteiger partial charge is 0.336 e. The highest BCUT2D eigenvalue weighted by Crippen LogP contribution is 2.25. The third-order valence-corrected chi connectivity index (χ3v) is 2.96. The van der Waals surface area contributed by atoms with Gasteiger partial charge >= 0.3 is 0 Å². The highest BCUT2D eigenvalue weighted by Gasteiger charge is 2.10. The Hall–Kier alpha value is -1.09. The standard InChI is InChI=1S/C12H12BrNO/c1-8(2)14-11(7-15)6-9-5-10(13)3-4-12(9)14/h3-8H,1-2H3. The van der Waals surface area contributed by atoms with Gasteiger partial charge in [-0.2, -0.15) is 0 Å². The second-order valence-corrected chi connectivity index (χ2v) is 4.77. The quantitative estimate of drug-likeness (QED) is 0.758. The van der Waals surface area contributed by atoms with Crippen LogP contribution in [0.3, 0.4) is 0 Å². The van der Waals surface area contributed by atoms with Crippen molar-refractivity contribution in [3.8, 4) is 0 Å². The van der Waals surface area contributed by atoms with Gasteiger partial charge in [-0.05, 0) is 38.1 Å². The number of hydrogen-bond acceptors (Lipinski definition) is 1. The van der Waals surface area contributed by atoms with E-state index in [4.69, 9.17) is 0 Å². The van der Waals surface area contributed by atoms with Gasteiger partial charge in [0.2, 0.25) is 0 Å². The summed E-state index contributed by atoms with van der Waals surface area (Å²) in [6, 6.07) is 8.28. The summed E-state index contributed by atoms with van der Waals surface area (Å²) in [6.45, 7) is 4.16. The van der Waals surface area contributed by atoms with E-state index in [1.54, 1.807) is 0 Å². The maximum Gasteiger partial charge on any atom is 0.166 e. The highest BCUT2D eigenvalue weighted by atomic mass is 79.9. The Morgan fingerprint density at radius 1 is 1.33 bits per heavy atom. The lowest BCUT2D eigenvalue weighted by atomic mass is 10.2. The van der Waals surface area contributed by atoms with E-state index >= 15 is 0 Å². The van der Waals surface area contributed by atoms with Gasteiger partial charge in [-0.25, -0.2) is 0 Å². The Labute approximate surface area is 97.0 Å². The van der Waals surface area contributed by atoms with Crippen LogP contribution in [0.2, 0.25) is 0 Å². The normalized spacial score (nSPS) is 11.2. The van der Waals surface area contributed by atoms with Crippen LogP contribution in [0.1, 0.15) is 30.4 Å². The molecule has 0 aliphatic rings. The molecule has 0 saturated heterocycles. The number of carbonyl (C=O) groups excluding carboxylic acids is 1. The van der Waals surface area contributed by atoms with Crippen LogP contribution >= 0.6 is 15.9 Å². The molecule has 3 heteroatoms. The Morgan fingerprint density at radius 2 is 2.07 bits per heavy atom. The molecule has 0 aliphatic heterocycles. The summed E-state index contributed by atoms with van der Waals surface area (Å²) >= 11 is 3.43.